The summed E-state index contributed by atoms with van der Waals surface area (Å²) in [5, 5.41) is 3.96. The summed E-state index contributed by atoms with van der Waals surface area (Å²) in [6.07, 6.45) is 1.70. The summed E-state index contributed by atoms with van der Waals surface area (Å²) in [5.74, 6) is 0.942. The van der Waals surface area contributed by atoms with Gasteiger partial charge < -0.3 is 14.6 Å². The maximum Gasteiger partial charge on any atom is 0.123 e. The third-order valence-corrected chi connectivity index (χ3v) is 3.37. The molecule has 1 aromatic carbocycles. The Morgan fingerprint density at radius 2 is 2.11 bits per heavy atom. The van der Waals surface area contributed by atoms with Gasteiger partial charge in [-0.2, -0.15) is 0 Å². The average Bonchev–Trinajstić information content (AvgIpc) is 2.90. The number of hydrogen-bond donors (Lipinski definition) is 1. The highest BCUT2D eigenvalue weighted by molar-refractivity contribution is 6.33. The second-order valence-corrected chi connectivity index (χ2v) is 4.78. The number of furan rings is 1. The highest BCUT2D eigenvalue weighted by Gasteiger charge is 2.14. The smallest absolute Gasteiger partial charge is 0.123 e. The van der Waals surface area contributed by atoms with Crippen molar-refractivity contribution in [2.45, 2.75) is 20.0 Å². The van der Waals surface area contributed by atoms with E-state index >= 15 is 0 Å². The van der Waals surface area contributed by atoms with Gasteiger partial charge in [0.25, 0.3) is 0 Å². The summed E-state index contributed by atoms with van der Waals surface area (Å²) in [6, 6.07) is 9.91. The Morgan fingerprint density at radius 3 is 2.74 bits per heavy atom. The molecule has 2 aromatic rings. The van der Waals surface area contributed by atoms with E-state index in [4.69, 9.17) is 16.0 Å². The number of rotatable bonds is 6. The van der Waals surface area contributed by atoms with E-state index in [0.717, 1.165) is 36.1 Å². The average molecular weight is 279 g/mol. The predicted molar refractivity (Wildman–Crippen MR) is 79.6 cm³/mol. The SMILES string of the molecule is CCN(Cc1ccco1)c1c(Cl)cccc1CNC. The Hall–Kier alpha value is -1.45. The fraction of sp³-hybridized carbons (Fsp3) is 0.333. The van der Waals surface area contributed by atoms with Crippen LogP contribution < -0.4 is 10.2 Å². The van der Waals surface area contributed by atoms with Gasteiger partial charge >= 0.3 is 0 Å². The first kappa shape index (κ1) is 14.0. The largest absolute Gasteiger partial charge is 0.467 e. The lowest BCUT2D eigenvalue weighted by molar-refractivity contribution is 0.503. The Kier molecular flexibility index (Phi) is 4.88. The van der Waals surface area contributed by atoms with E-state index in [2.05, 4.69) is 23.2 Å². The van der Waals surface area contributed by atoms with E-state index in [-0.39, 0.29) is 0 Å². The summed E-state index contributed by atoms with van der Waals surface area (Å²) in [4.78, 5) is 2.23. The third-order valence-electron chi connectivity index (χ3n) is 3.06. The molecule has 0 saturated carbocycles. The summed E-state index contributed by atoms with van der Waals surface area (Å²) >= 11 is 6.38. The summed E-state index contributed by atoms with van der Waals surface area (Å²) in [5.41, 5.74) is 2.28. The van der Waals surface area contributed by atoms with E-state index in [1.165, 1.54) is 5.56 Å². The van der Waals surface area contributed by atoms with Crippen molar-refractivity contribution in [3.8, 4) is 0 Å². The molecule has 2 rings (SSSR count). The standard InChI is InChI=1S/C15H19ClN2O/c1-3-18(11-13-7-5-9-19-13)15-12(10-17-2)6-4-8-14(15)16/h4-9,17H,3,10-11H2,1-2H3. The fourth-order valence-electron chi connectivity index (χ4n) is 2.19. The van der Waals surface area contributed by atoms with Crippen LogP contribution in [0, 0.1) is 0 Å². The van der Waals surface area contributed by atoms with Crippen molar-refractivity contribution in [1.29, 1.82) is 0 Å². The molecule has 0 aliphatic rings. The minimum Gasteiger partial charge on any atom is -0.467 e. The number of nitrogens with one attached hydrogen (secondary N) is 1. The van der Waals surface area contributed by atoms with Crippen LogP contribution in [0.3, 0.4) is 0 Å². The lowest BCUT2D eigenvalue weighted by Crippen LogP contribution is -2.24. The van der Waals surface area contributed by atoms with Gasteiger partial charge in [0.1, 0.15) is 5.76 Å². The van der Waals surface area contributed by atoms with Crippen molar-refractivity contribution < 1.29 is 4.42 Å². The summed E-state index contributed by atoms with van der Waals surface area (Å²) in [6.45, 7) is 4.52. The van der Waals surface area contributed by atoms with Crippen LogP contribution in [0.2, 0.25) is 5.02 Å². The lowest BCUT2D eigenvalue weighted by Gasteiger charge is -2.26. The van der Waals surface area contributed by atoms with Gasteiger partial charge in [0.05, 0.1) is 23.5 Å². The molecule has 0 atom stereocenters. The minimum atomic E-state index is 0.726. The number of benzene rings is 1. The Morgan fingerprint density at radius 1 is 1.26 bits per heavy atom. The Balaban J connectivity index is 2.31. The zero-order valence-electron chi connectivity index (χ0n) is 11.3. The highest BCUT2D eigenvalue weighted by Crippen LogP contribution is 2.31. The number of hydrogen-bond acceptors (Lipinski definition) is 3. The second kappa shape index (κ2) is 6.64. The fourth-order valence-corrected chi connectivity index (χ4v) is 2.50. The number of anilines is 1. The zero-order chi connectivity index (χ0) is 13.7. The van der Waals surface area contributed by atoms with Crippen LogP contribution in [0.15, 0.2) is 41.0 Å². The predicted octanol–water partition coefficient (Wildman–Crippen LogP) is 3.68. The highest BCUT2D eigenvalue weighted by atomic mass is 35.5. The van der Waals surface area contributed by atoms with Gasteiger partial charge in [-0.3, -0.25) is 0 Å². The maximum atomic E-state index is 6.38. The summed E-state index contributed by atoms with van der Waals surface area (Å²) < 4.78 is 5.43. The van der Waals surface area contributed by atoms with Crippen LogP contribution in [0.25, 0.3) is 0 Å². The lowest BCUT2D eigenvalue weighted by atomic mass is 10.1. The first-order valence-electron chi connectivity index (χ1n) is 6.45. The van der Waals surface area contributed by atoms with Gasteiger partial charge in [0.15, 0.2) is 0 Å². The second-order valence-electron chi connectivity index (χ2n) is 4.37. The van der Waals surface area contributed by atoms with Crippen LogP contribution in [-0.4, -0.2) is 13.6 Å². The minimum absolute atomic E-state index is 0.726. The molecule has 0 spiro atoms. The van der Waals surface area contributed by atoms with Crippen LogP contribution in [0.1, 0.15) is 18.2 Å². The van der Waals surface area contributed by atoms with E-state index in [0.29, 0.717) is 0 Å². The molecule has 4 heteroatoms. The van der Waals surface area contributed by atoms with Crippen molar-refractivity contribution in [2.75, 3.05) is 18.5 Å². The quantitative estimate of drug-likeness (QED) is 0.874. The molecule has 0 fully saturated rings. The summed E-state index contributed by atoms with van der Waals surface area (Å²) in [7, 11) is 1.94. The molecule has 0 radical (unpaired) electrons. The monoisotopic (exact) mass is 278 g/mol. The molecule has 0 saturated heterocycles. The zero-order valence-corrected chi connectivity index (χ0v) is 12.1. The number of para-hydroxylation sites is 1. The van der Waals surface area contributed by atoms with Crippen LogP contribution in [0.5, 0.6) is 0 Å². The Bertz CT molecular complexity index is 511. The van der Waals surface area contributed by atoms with Crippen molar-refractivity contribution in [1.82, 2.24) is 5.32 Å². The van der Waals surface area contributed by atoms with Crippen LogP contribution in [0.4, 0.5) is 5.69 Å². The van der Waals surface area contributed by atoms with Gasteiger partial charge in [-0.15, -0.1) is 0 Å². The molecule has 1 N–H and O–H groups in total. The molecule has 0 bridgehead atoms. The van der Waals surface area contributed by atoms with Crippen LogP contribution in [-0.2, 0) is 13.1 Å². The van der Waals surface area contributed by atoms with Crippen LogP contribution >= 0.6 is 11.6 Å². The normalized spacial score (nSPS) is 10.7. The maximum absolute atomic E-state index is 6.38. The van der Waals surface area contributed by atoms with E-state index in [1.54, 1.807) is 6.26 Å². The van der Waals surface area contributed by atoms with Crippen molar-refractivity contribution in [2.24, 2.45) is 0 Å². The van der Waals surface area contributed by atoms with Gasteiger partial charge in [-0.05, 0) is 37.7 Å². The molecule has 0 aliphatic heterocycles. The van der Waals surface area contributed by atoms with E-state index < -0.39 is 0 Å². The molecule has 19 heavy (non-hydrogen) atoms. The molecule has 3 nitrogen and oxygen atoms in total. The first-order valence-corrected chi connectivity index (χ1v) is 6.83. The van der Waals surface area contributed by atoms with Crippen molar-refractivity contribution in [3.63, 3.8) is 0 Å². The molecule has 0 amide bonds. The molecule has 0 aliphatic carbocycles. The van der Waals surface area contributed by atoms with Gasteiger partial charge in [-0.1, -0.05) is 23.7 Å². The van der Waals surface area contributed by atoms with E-state index in [1.807, 2.05) is 31.3 Å². The molecular formula is C15H19ClN2O. The van der Waals surface area contributed by atoms with Gasteiger partial charge in [0.2, 0.25) is 0 Å². The van der Waals surface area contributed by atoms with Crippen molar-refractivity contribution >= 4 is 17.3 Å². The number of halogens is 1. The first-order chi connectivity index (χ1) is 9.26. The van der Waals surface area contributed by atoms with Gasteiger partial charge in [-0.25, -0.2) is 0 Å². The Labute approximate surface area is 119 Å². The molecule has 1 aromatic heterocycles. The number of nitrogens with zero attached hydrogens (tertiary/aromatic N) is 1. The van der Waals surface area contributed by atoms with Crippen molar-refractivity contribution in [3.05, 3.63) is 52.9 Å². The topological polar surface area (TPSA) is 28.4 Å². The third kappa shape index (κ3) is 3.31. The van der Waals surface area contributed by atoms with E-state index in [9.17, 15) is 0 Å². The molecule has 1 heterocycles. The molecule has 102 valence electrons. The van der Waals surface area contributed by atoms with Gasteiger partial charge in [0, 0.05) is 13.1 Å². The molecular weight excluding hydrogens is 260 g/mol. The molecule has 0 unspecified atom stereocenters.